The van der Waals surface area contributed by atoms with Crippen LogP contribution < -0.4 is 0 Å². The minimum atomic E-state index is 1.15. The van der Waals surface area contributed by atoms with Gasteiger partial charge in [-0.05, 0) is 55.9 Å². The number of likely N-dealkylation sites (tertiary alicyclic amines) is 1. The first kappa shape index (κ1) is 10.3. The second kappa shape index (κ2) is 4.19. The molecule has 1 aromatic carbocycles. The van der Waals surface area contributed by atoms with Gasteiger partial charge in [0, 0.05) is 16.1 Å². The lowest BCUT2D eigenvalue weighted by Crippen LogP contribution is -2.17. The molecule has 84 valence electrons. The zero-order chi connectivity index (χ0) is 11.0. The molecule has 0 saturated carbocycles. The second-order valence-corrected chi connectivity index (χ2v) is 5.91. The number of hydrogen-bond acceptors (Lipinski definition) is 2. The standard InChI is InChI=1S/C14H17NS/c1-11-4-5-12-9-13(16-14(12)8-11)10-15-6-2-3-7-15/h4-5,8-9H,2-3,6-7,10H2,1H3. The maximum Gasteiger partial charge on any atom is 0.0348 e. The van der Waals surface area contributed by atoms with E-state index >= 15 is 0 Å². The molecule has 0 radical (unpaired) electrons. The number of thiophene rings is 1. The Kier molecular flexibility index (Phi) is 2.70. The summed E-state index contributed by atoms with van der Waals surface area (Å²) < 4.78 is 1.44. The van der Waals surface area contributed by atoms with Crippen LogP contribution in [0.15, 0.2) is 24.3 Å². The maximum absolute atomic E-state index is 2.57. The Bertz CT molecular complexity index is 494. The molecule has 1 saturated heterocycles. The van der Waals surface area contributed by atoms with Crippen LogP contribution in [0.4, 0.5) is 0 Å². The van der Waals surface area contributed by atoms with E-state index in [9.17, 15) is 0 Å². The van der Waals surface area contributed by atoms with E-state index in [4.69, 9.17) is 0 Å². The lowest BCUT2D eigenvalue weighted by molar-refractivity contribution is 0.334. The van der Waals surface area contributed by atoms with E-state index in [1.165, 1.54) is 46.5 Å². The molecule has 2 aromatic rings. The summed E-state index contributed by atoms with van der Waals surface area (Å²) in [6.45, 7) is 5.89. The Morgan fingerprint density at radius 2 is 2.00 bits per heavy atom. The molecule has 2 heteroatoms. The summed E-state index contributed by atoms with van der Waals surface area (Å²) in [6.07, 6.45) is 2.76. The number of hydrogen-bond donors (Lipinski definition) is 0. The molecule has 0 bridgehead atoms. The van der Waals surface area contributed by atoms with Gasteiger partial charge in [0.25, 0.3) is 0 Å². The predicted molar refractivity (Wildman–Crippen MR) is 71.1 cm³/mol. The van der Waals surface area contributed by atoms with Gasteiger partial charge in [0.2, 0.25) is 0 Å². The van der Waals surface area contributed by atoms with E-state index in [2.05, 4.69) is 36.1 Å². The molecule has 0 amide bonds. The molecule has 1 aromatic heterocycles. The van der Waals surface area contributed by atoms with Gasteiger partial charge in [0.05, 0.1) is 0 Å². The van der Waals surface area contributed by atoms with Crippen molar-refractivity contribution in [3.63, 3.8) is 0 Å². The number of nitrogens with zero attached hydrogens (tertiary/aromatic N) is 1. The highest BCUT2D eigenvalue weighted by Crippen LogP contribution is 2.28. The third-order valence-electron chi connectivity index (χ3n) is 3.30. The topological polar surface area (TPSA) is 3.24 Å². The fourth-order valence-electron chi connectivity index (χ4n) is 2.43. The molecule has 0 atom stereocenters. The van der Waals surface area contributed by atoms with Gasteiger partial charge < -0.3 is 0 Å². The molecule has 1 fully saturated rings. The normalized spacial score (nSPS) is 17.3. The van der Waals surface area contributed by atoms with E-state index in [1.807, 2.05) is 11.3 Å². The molecule has 1 nitrogen and oxygen atoms in total. The average Bonchev–Trinajstić information content (AvgIpc) is 2.86. The minimum Gasteiger partial charge on any atom is -0.298 e. The Hall–Kier alpha value is -0.860. The molecule has 16 heavy (non-hydrogen) atoms. The summed E-state index contributed by atoms with van der Waals surface area (Å²) in [5.74, 6) is 0. The van der Waals surface area contributed by atoms with Crippen molar-refractivity contribution < 1.29 is 0 Å². The van der Waals surface area contributed by atoms with Gasteiger partial charge in [0.15, 0.2) is 0 Å². The fraction of sp³-hybridized carbons (Fsp3) is 0.429. The van der Waals surface area contributed by atoms with Gasteiger partial charge in [-0.15, -0.1) is 11.3 Å². The van der Waals surface area contributed by atoms with Crippen molar-refractivity contribution in [2.24, 2.45) is 0 Å². The number of fused-ring (bicyclic) bond motifs is 1. The van der Waals surface area contributed by atoms with Gasteiger partial charge in [-0.2, -0.15) is 0 Å². The van der Waals surface area contributed by atoms with Crippen LogP contribution in [0.25, 0.3) is 10.1 Å². The summed E-state index contributed by atoms with van der Waals surface area (Å²) in [6, 6.07) is 9.11. The molecule has 1 aliphatic rings. The molecule has 0 N–H and O–H groups in total. The minimum absolute atomic E-state index is 1.15. The summed E-state index contributed by atoms with van der Waals surface area (Å²) in [5, 5.41) is 1.41. The zero-order valence-corrected chi connectivity index (χ0v) is 10.5. The highest BCUT2D eigenvalue weighted by atomic mass is 32.1. The predicted octanol–water partition coefficient (Wildman–Crippen LogP) is 3.81. The van der Waals surface area contributed by atoms with Gasteiger partial charge in [0.1, 0.15) is 0 Å². The summed E-state index contributed by atoms with van der Waals surface area (Å²) in [7, 11) is 0. The fourth-order valence-corrected chi connectivity index (χ4v) is 3.64. The highest BCUT2D eigenvalue weighted by Gasteiger charge is 2.13. The van der Waals surface area contributed by atoms with Crippen LogP contribution in [0.1, 0.15) is 23.3 Å². The van der Waals surface area contributed by atoms with Crippen LogP contribution in [0.5, 0.6) is 0 Å². The number of rotatable bonds is 2. The van der Waals surface area contributed by atoms with E-state index in [-0.39, 0.29) is 0 Å². The number of benzene rings is 1. The summed E-state index contributed by atoms with van der Waals surface area (Å²) >= 11 is 1.96. The Labute approximate surface area is 101 Å². The maximum atomic E-state index is 2.57. The Balaban J connectivity index is 1.86. The van der Waals surface area contributed by atoms with Crippen molar-refractivity contribution in [3.05, 3.63) is 34.7 Å². The van der Waals surface area contributed by atoms with Crippen molar-refractivity contribution in [2.75, 3.05) is 13.1 Å². The van der Waals surface area contributed by atoms with E-state index in [0.717, 1.165) is 6.54 Å². The Morgan fingerprint density at radius 1 is 1.19 bits per heavy atom. The van der Waals surface area contributed by atoms with Gasteiger partial charge in [-0.25, -0.2) is 0 Å². The van der Waals surface area contributed by atoms with Gasteiger partial charge in [-0.1, -0.05) is 12.1 Å². The lowest BCUT2D eigenvalue weighted by Gasteiger charge is -2.12. The highest BCUT2D eigenvalue weighted by molar-refractivity contribution is 7.19. The Morgan fingerprint density at radius 3 is 2.81 bits per heavy atom. The van der Waals surface area contributed by atoms with Crippen molar-refractivity contribution in [1.82, 2.24) is 4.90 Å². The van der Waals surface area contributed by atoms with Crippen LogP contribution in [0.3, 0.4) is 0 Å². The van der Waals surface area contributed by atoms with Crippen molar-refractivity contribution in [2.45, 2.75) is 26.3 Å². The molecular formula is C14H17NS. The quantitative estimate of drug-likeness (QED) is 0.759. The lowest BCUT2D eigenvalue weighted by atomic mass is 10.2. The van der Waals surface area contributed by atoms with Gasteiger partial charge >= 0.3 is 0 Å². The van der Waals surface area contributed by atoms with Crippen LogP contribution >= 0.6 is 11.3 Å². The average molecular weight is 231 g/mol. The first-order chi connectivity index (χ1) is 7.81. The first-order valence-electron chi connectivity index (χ1n) is 6.03. The smallest absolute Gasteiger partial charge is 0.0348 e. The van der Waals surface area contributed by atoms with Crippen LogP contribution in [0.2, 0.25) is 0 Å². The monoisotopic (exact) mass is 231 g/mol. The second-order valence-electron chi connectivity index (χ2n) is 4.74. The van der Waals surface area contributed by atoms with Crippen LogP contribution in [-0.4, -0.2) is 18.0 Å². The van der Waals surface area contributed by atoms with E-state index in [1.54, 1.807) is 0 Å². The van der Waals surface area contributed by atoms with Crippen molar-refractivity contribution in [3.8, 4) is 0 Å². The van der Waals surface area contributed by atoms with E-state index < -0.39 is 0 Å². The molecule has 2 heterocycles. The van der Waals surface area contributed by atoms with Gasteiger partial charge in [-0.3, -0.25) is 4.90 Å². The largest absolute Gasteiger partial charge is 0.298 e. The summed E-state index contributed by atoms with van der Waals surface area (Å²) in [5.41, 5.74) is 1.36. The van der Waals surface area contributed by atoms with E-state index in [0.29, 0.717) is 0 Å². The molecule has 0 spiro atoms. The van der Waals surface area contributed by atoms with Crippen LogP contribution in [-0.2, 0) is 6.54 Å². The molecule has 1 aliphatic heterocycles. The SMILES string of the molecule is Cc1ccc2cc(CN3CCCC3)sc2c1. The third-order valence-corrected chi connectivity index (χ3v) is 4.39. The third kappa shape index (κ3) is 2.00. The van der Waals surface area contributed by atoms with Crippen molar-refractivity contribution >= 4 is 21.4 Å². The number of aryl methyl sites for hydroxylation is 1. The molecular weight excluding hydrogens is 214 g/mol. The van der Waals surface area contributed by atoms with Crippen molar-refractivity contribution in [1.29, 1.82) is 0 Å². The first-order valence-corrected chi connectivity index (χ1v) is 6.84. The molecule has 3 rings (SSSR count). The molecule has 0 aliphatic carbocycles. The zero-order valence-electron chi connectivity index (χ0n) is 9.70. The molecule has 0 unspecified atom stereocenters. The summed E-state index contributed by atoms with van der Waals surface area (Å²) in [4.78, 5) is 4.08. The van der Waals surface area contributed by atoms with Crippen LogP contribution in [0, 0.1) is 6.92 Å².